The Morgan fingerprint density at radius 3 is 3.00 bits per heavy atom. The number of anilines is 1. The van der Waals surface area contributed by atoms with Crippen molar-refractivity contribution in [2.75, 3.05) is 38.6 Å². The highest BCUT2D eigenvalue weighted by molar-refractivity contribution is 7.13. The lowest BCUT2D eigenvalue weighted by atomic mass is 10.0. The number of rotatable bonds is 6. The molecule has 150 valence electrons. The number of thiazole rings is 1. The first kappa shape index (κ1) is 20.2. The SMILES string of the molecule is Nc1nc(CCC(=O)N2CCOCC(O)(CNC(=O)c3ccccn3)C2)cs1. The molecule has 9 nitrogen and oxygen atoms in total. The molecule has 0 aromatic carbocycles. The van der Waals surface area contributed by atoms with Crippen molar-refractivity contribution in [2.24, 2.45) is 0 Å². The highest BCUT2D eigenvalue weighted by atomic mass is 32.1. The number of nitrogens with zero attached hydrogens (tertiary/aromatic N) is 3. The van der Waals surface area contributed by atoms with E-state index in [1.165, 1.54) is 17.5 Å². The van der Waals surface area contributed by atoms with Gasteiger partial charge in [-0.05, 0) is 18.6 Å². The average Bonchev–Trinajstić information content (AvgIpc) is 3.02. The van der Waals surface area contributed by atoms with Gasteiger partial charge in [0.05, 0.1) is 32.0 Å². The van der Waals surface area contributed by atoms with E-state index in [1.54, 1.807) is 23.1 Å². The summed E-state index contributed by atoms with van der Waals surface area (Å²) in [6.07, 6.45) is 2.27. The summed E-state index contributed by atoms with van der Waals surface area (Å²) in [6, 6.07) is 5.01. The number of aryl methyl sites for hydroxylation is 1. The molecule has 4 N–H and O–H groups in total. The van der Waals surface area contributed by atoms with Crippen LogP contribution in [0.4, 0.5) is 5.13 Å². The molecule has 2 amide bonds. The second kappa shape index (κ2) is 9.09. The molecule has 0 bridgehead atoms. The first-order valence-corrected chi connectivity index (χ1v) is 9.80. The van der Waals surface area contributed by atoms with Crippen LogP contribution in [0.2, 0.25) is 0 Å². The zero-order chi connectivity index (χ0) is 20.0. The van der Waals surface area contributed by atoms with Crippen LogP contribution in [0, 0.1) is 0 Å². The molecule has 3 rings (SSSR count). The Morgan fingerprint density at radius 1 is 1.43 bits per heavy atom. The van der Waals surface area contributed by atoms with Crippen LogP contribution in [0.3, 0.4) is 0 Å². The highest BCUT2D eigenvalue weighted by Gasteiger charge is 2.34. The number of hydrogen-bond donors (Lipinski definition) is 3. The molecule has 1 fully saturated rings. The lowest BCUT2D eigenvalue weighted by Crippen LogP contribution is -2.53. The molecule has 0 spiro atoms. The van der Waals surface area contributed by atoms with E-state index in [-0.39, 0.29) is 37.7 Å². The largest absolute Gasteiger partial charge is 0.384 e. The van der Waals surface area contributed by atoms with Gasteiger partial charge in [0, 0.05) is 24.5 Å². The number of nitrogen functional groups attached to an aromatic ring is 1. The number of aliphatic hydroxyl groups is 1. The van der Waals surface area contributed by atoms with Gasteiger partial charge >= 0.3 is 0 Å². The minimum atomic E-state index is -1.37. The standard InChI is InChI=1S/C18H23N5O4S/c19-17-22-13(9-28-17)4-5-15(24)23-7-8-27-12-18(26,11-23)10-21-16(25)14-3-1-2-6-20-14/h1-3,6,9,26H,4-5,7-8,10-12H2,(H2,19,22)(H,21,25). The Hall–Kier alpha value is -2.56. The Morgan fingerprint density at radius 2 is 2.29 bits per heavy atom. The van der Waals surface area contributed by atoms with Crippen LogP contribution in [0.15, 0.2) is 29.8 Å². The summed E-state index contributed by atoms with van der Waals surface area (Å²) in [7, 11) is 0. The predicted octanol–water partition coefficient (Wildman–Crippen LogP) is 0.0728. The molecule has 0 saturated carbocycles. The fraction of sp³-hybridized carbons (Fsp3) is 0.444. The first-order chi connectivity index (χ1) is 13.5. The minimum absolute atomic E-state index is 0.0297. The summed E-state index contributed by atoms with van der Waals surface area (Å²) in [4.78, 5) is 34.4. The Balaban J connectivity index is 1.55. The van der Waals surface area contributed by atoms with E-state index in [2.05, 4.69) is 15.3 Å². The van der Waals surface area contributed by atoms with Crippen molar-refractivity contribution in [2.45, 2.75) is 18.4 Å². The summed E-state index contributed by atoms with van der Waals surface area (Å²) in [5.74, 6) is -0.496. The molecule has 1 unspecified atom stereocenters. The summed E-state index contributed by atoms with van der Waals surface area (Å²) in [5, 5.41) is 15.8. The van der Waals surface area contributed by atoms with Crippen molar-refractivity contribution in [1.82, 2.24) is 20.2 Å². The van der Waals surface area contributed by atoms with Crippen LogP contribution < -0.4 is 11.1 Å². The van der Waals surface area contributed by atoms with E-state index in [4.69, 9.17) is 10.5 Å². The number of carbonyl (C=O) groups excluding carboxylic acids is 2. The summed E-state index contributed by atoms with van der Waals surface area (Å²) >= 11 is 1.34. The third-order valence-electron chi connectivity index (χ3n) is 4.35. The van der Waals surface area contributed by atoms with Crippen molar-refractivity contribution in [3.8, 4) is 0 Å². The van der Waals surface area contributed by atoms with E-state index in [1.807, 2.05) is 5.38 Å². The van der Waals surface area contributed by atoms with E-state index in [0.29, 0.717) is 24.7 Å². The zero-order valence-corrected chi connectivity index (χ0v) is 16.2. The molecule has 1 aliphatic heterocycles. The molecule has 0 radical (unpaired) electrons. The van der Waals surface area contributed by atoms with Gasteiger partial charge in [-0.3, -0.25) is 14.6 Å². The van der Waals surface area contributed by atoms with Gasteiger partial charge < -0.3 is 25.8 Å². The monoisotopic (exact) mass is 405 g/mol. The maximum Gasteiger partial charge on any atom is 0.269 e. The number of nitrogens with two attached hydrogens (primary N) is 1. The molecule has 2 aromatic rings. The zero-order valence-electron chi connectivity index (χ0n) is 15.3. The number of ether oxygens (including phenoxy) is 1. The molecular formula is C18H23N5O4S. The van der Waals surface area contributed by atoms with Crippen LogP contribution >= 0.6 is 11.3 Å². The molecule has 0 aliphatic carbocycles. The van der Waals surface area contributed by atoms with Gasteiger partial charge in [-0.2, -0.15) is 0 Å². The van der Waals surface area contributed by atoms with Gasteiger partial charge in [0.15, 0.2) is 5.13 Å². The van der Waals surface area contributed by atoms with Gasteiger partial charge in [-0.15, -0.1) is 11.3 Å². The fourth-order valence-electron chi connectivity index (χ4n) is 2.90. The van der Waals surface area contributed by atoms with Gasteiger partial charge in [0.1, 0.15) is 11.3 Å². The third-order valence-corrected chi connectivity index (χ3v) is 5.08. The highest BCUT2D eigenvalue weighted by Crippen LogP contribution is 2.16. The quantitative estimate of drug-likeness (QED) is 0.620. The molecule has 1 atom stereocenters. The van der Waals surface area contributed by atoms with E-state index < -0.39 is 11.5 Å². The molecule has 3 heterocycles. The second-order valence-corrected chi connectivity index (χ2v) is 7.56. The number of hydrogen-bond acceptors (Lipinski definition) is 8. The van der Waals surface area contributed by atoms with Crippen molar-refractivity contribution >= 4 is 28.3 Å². The van der Waals surface area contributed by atoms with Crippen LogP contribution in [0.5, 0.6) is 0 Å². The summed E-state index contributed by atoms with van der Waals surface area (Å²) < 4.78 is 5.46. The molecular weight excluding hydrogens is 382 g/mol. The normalized spacial score (nSPS) is 19.8. The minimum Gasteiger partial charge on any atom is -0.384 e. The Bertz CT molecular complexity index is 815. The lowest BCUT2D eigenvalue weighted by Gasteiger charge is -2.31. The van der Waals surface area contributed by atoms with Gasteiger partial charge in [-0.25, -0.2) is 4.98 Å². The van der Waals surface area contributed by atoms with E-state index >= 15 is 0 Å². The van der Waals surface area contributed by atoms with Crippen molar-refractivity contribution in [1.29, 1.82) is 0 Å². The number of pyridine rings is 1. The Kier molecular flexibility index (Phi) is 6.55. The van der Waals surface area contributed by atoms with Crippen LogP contribution in [0.1, 0.15) is 22.6 Å². The third kappa shape index (κ3) is 5.47. The number of nitrogens with one attached hydrogen (secondary N) is 1. The topological polar surface area (TPSA) is 131 Å². The van der Waals surface area contributed by atoms with Crippen LogP contribution in [-0.4, -0.2) is 70.2 Å². The molecule has 1 aliphatic rings. The maximum absolute atomic E-state index is 12.6. The maximum atomic E-state index is 12.6. The molecule has 10 heteroatoms. The van der Waals surface area contributed by atoms with Gasteiger partial charge in [0.25, 0.3) is 5.91 Å². The van der Waals surface area contributed by atoms with E-state index in [9.17, 15) is 14.7 Å². The predicted molar refractivity (Wildman–Crippen MR) is 104 cm³/mol. The fourth-order valence-corrected chi connectivity index (χ4v) is 3.50. The van der Waals surface area contributed by atoms with Crippen molar-refractivity contribution in [3.05, 3.63) is 41.2 Å². The number of aromatic nitrogens is 2. The van der Waals surface area contributed by atoms with Crippen molar-refractivity contribution < 1.29 is 19.4 Å². The van der Waals surface area contributed by atoms with Gasteiger partial charge in [-0.1, -0.05) is 6.07 Å². The Labute approximate surface area is 166 Å². The summed E-state index contributed by atoms with van der Waals surface area (Å²) in [5.41, 5.74) is 5.27. The first-order valence-electron chi connectivity index (χ1n) is 8.92. The van der Waals surface area contributed by atoms with Gasteiger partial charge in [0.2, 0.25) is 5.91 Å². The van der Waals surface area contributed by atoms with Crippen LogP contribution in [0.25, 0.3) is 0 Å². The van der Waals surface area contributed by atoms with Crippen LogP contribution in [-0.2, 0) is 16.0 Å². The molecule has 2 aromatic heterocycles. The second-order valence-electron chi connectivity index (χ2n) is 6.67. The average molecular weight is 405 g/mol. The number of carbonyl (C=O) groups is 2. The smallest absolute Gasteiger partial charge is 0.269 e. The number of amides is 2. The summed E-state index contributed by atoms with van der Waals surface area (Å²) in [6.45, 7) is 0.769. The molecule has 28 heavy (non-hydrogen) atoms. The van der Waals surface area contributed by atoms with Crippen molar-refractivity contribution in [3.63, 3.8) is 0 Å². The molecule has 1 saturated heterocycles. The lowest BCUT2D eigenvalue weighted by molar-refractivity contribution is -0.133. The number of β-amino-alcohol motifs (C(OH)–C–C–N with tert-alkyl or cyclic N) is 1. The van der Waals surface area contributed by atoms with E-state index in [0.717, 1.165) is 5.69 Å².